The highest BCUT2D eigenvalue weighted by molar-refractivity contribution is 7.21. The van der Waals surface area contributed by atoms with Gasteiger partial charge in [0.2, 0.25) is 0 Å². The lowest BCUT2D eigenvalue weighted by Crippen LogP contribution is -2.13. The fraction of sp³-hybridized carbons (Fsp3) is 0.0909. The fourth-order valence-electron chi connectivity index (χ4n) is 3.05. The van der Waals surface area contributed by atoms with Crippen molar-refractivity contribution in [1.29, 1.82) is 0 Å². The Morgan fingerprint density at radius 3 is 2.67 bits per heavy atom. The molecule has 4 aromatic rings. The quantitative estimate of drug-likeness (QED) is 0.343. The fourth-order valence-corrected chi connectivity index (χ4v) is 4.02. The number of hydrogen-bond donors (Lipinski definition) is 1. The minimum absolute atomic E-state index is 0.102. The lowest BCUT2D eigenvalue weighted by Gasteiger charge is -2.10. The first-order chi connectivity index (χ1) is 14.5. The molecule has 0 spiro atoms. The van der Waals surface area contributed by atoms with Crippen molar-refractivity contribution in [1.82, 2.24) is 4.98 Å². The number of nitro benzene ring substituents is 1. The molecule has 0 aliphatic heterocycles. The number of carbonyl (C=O) groups is 1. The number of hydrogen-bond acceptors (Lipinski definition) is 6. The molecule has 0 unspecified atom stereocenters. The number of nitrogens with zero attached hydrogens (tertiary/aromatic N) is 2. The molecule has 0 bridgehead atoms. The van der Waals surface area contributed by atoms with Gasteiger partial charge in [0.25, 0.3) is 5.91 Å². The van der Waals surface area contributed by atoms with Crippen molar-refractivity contribution < 1.29 is 14.5 Å². The molecule has 1 aromatic heterocycles. The van der Waals surface area contributed by atoms with E-state index in [1.54, 1.807) is 11.3 Å². The van der Waals surface area contributed by atoms with Crippen LogP contribution in [0, 0.1) is 17.0 Å². The van der Waals surface area contributed by atoms with Crippen molar-refractivity contribution in [2.75, 3.05) is 12.4 Å². The molecule has 0 fully saturated rings. The SMILES string of the molecule is COc1ccc(C(=O)Nc2cc(-c3nc4ccccc4s3)ccc2C)cc1[N+](=O)[O-]. The number of ether oxygens (including phenoxy) is 1. The second-order valence-electron chi connectivity index (χ2n) is 6.61. The van der Waals surface area contributed by atoms with Crippen molar-refractivity contribution in [2.45, 2.75) is 6.92 Å². The summed E-state index contributed by atoms with van der Waals surface area (Å²) in [5.74, 6) is -0.337. The number of para-hydroxylation sites is 1. The van der Waals surface area contributed by atoms with E-state index >= 15 is 0 Å². The number of fused-ring (bicyclic) bond motifs is 1. The molecule has 8 heteroatoms. The summed E-state index contributed by atoms with van der Waals surface area (Å²) in [6.07, 6.45) is 0. The van der Waals surface area contributed by atoms with Crippen molar-refractivity contribution in [2.24, 2.45) is 0 Å². The highest BCUT2D eigenvalue weighted by atomic mass is 32.1. The number of aromatic nitrogens is 1. The third kappa shape index (κ3) is 3.72. The number of nitro groups is 1. The molecule has 4 rings (SSSR count). The average Bonchev–Trinajstić information content (AvgIpc) is 3.19. The van der Waals surface area contributed by atoms with Crippen LogP contribution in [0.3, 0.4) is 0 Å². The van der Waals surface area contributed by atoms with Gasteiger partial charge in [0, 0.05) is 22.9 Å². The van der Waals surface area contributed by atoms with Gasteiger partial charge < -0.3 is 10.1 Å². The van der Waals surface area contributed by atoms with Gasteiger partial charge in [-0.3, -0.25) is 14.9 Å². The van der Waals surface area contributed by atoms with Crippen molar-refractivity contribution in [3.63, 3.8) is 0 Å². The number of nitrogens with one attached hydrogen (secondary N) is 1. The molecule has 0 atom stereocenters. The number of anilines is 1. The first-order valence-electron chi connectivity index (χ1n) is 9.06. The van der Waals surface area contributed by atoms with Crippen LogP contribution in [-0.4, -0.2) is 22.9 Å². The molecule has 0 saturated heterocycles. The zero-order valence-corrected chi connectivity index (χ0v) is 17.0. The van der Waals surface area contributed by atoms with Gasteiger partial charge in [-0.05, 0) is 42.8 Å². The first kappa shape index (κ1) is 19.5. The Hall–Kier alpha value is -3.78. The van der Waals surface area contributed by atoms with E-state index in [9.17, 15) is 14.9 Å². The summed E-state index contributed by atoms with van der Waals surface area (Å²) in [5.41, 5.74) is 3.22. The van der Waals surface area contributed by atoms with E-state index in [1.807, 2.05) is 49.4 Å². The first-order valence-corrected chi connectivity index (χ1v) is 9.88. The molecule has 7 nitrogen and oxygen atoms in total. The van der Waals surface area contributed by atoms with E-state index in [0.29, 0.717) is 5.69 Å². The summed E-state index contributed by atoms with van der Waals surface area (Å²) in [6.45, 7) is 1.88. The standard InChI is InChI=1S/C22H17N3O4S/c1-13-7-8-15(22-24-16-5-3-4-6-20(16)30-22)11-17(13)23-21(26)14-9-10-19(29-2)18(12-14)25(27)28/h3-12H,1-2H3,(H,23,26). The van der Waals surface area contributed by atoms with Crippen LogP contribution in [0.25, 0.3) is 20.8 Å². The van der Waals surface area contributed by atoms with E-state index in [0.717, 1.165) is 26.4 Å². The number of aryl methyl sites for hydroxylation is 1. The van der Waals surface area contributed by atoms with Crippen LogP contribution in [0.4, 0.5) is 11.4 Å². The zero-order valence-electron chi connectivity index (χ0n) is 16.2. The van der Waals surface area contributed by atoms with Crippen LogP contribution in [0.2, 0.25) is 0 Å². The van der Waals surface area contributed by atoms with Gasteiger partial charge in [0.1, 0.15) is 5.01 Å². The minimum Gasteiger partial charge on any atom is -0.490 e. The van der Waals surface area contributed by atoms with Gasteiger partial charge in [-0.1, -0.05) is 24.3 Å². The third-order valence-electron chi connectivity index (χ3n) is 4.66. The normalized spacial score (nSPS) is 10.7. The molecule has 1 N–H and O–H groups in total. The Morgan fingerprint density at radius 2 is 1.93 bits per heavy atom. The molecule has 0 aliphatic rings. The lowest BCUT2D eigenvalue weighted by molar-refractivity contribution is -0.385. The lowest BCUT2D eigenvalue weighted by atomic mass is 10.1. The number of carbonyl (C=O) groups excluding carboxylic acids is 1. The van der Waals surface area contributed by atoms with Crippen molar-refractivity contribution in [3.8, 4) is 16.3 Å². The highest BCUT2D eigenvalue weighted by Crippen LogP contribution is 2.33. The smallest absolute Gasteiger partial charge is 0.311 e. The largest absolute Gasteiger partial charge is 0.490 e. The topological polar surface area (TPSA) is 94.4 Å². The van der Waals surface area contributed by atoms with Gasteiger partial charge >= 0.3 is 5.69 Å². The summed E-state index contributed by atoms with van der Waals surface area (Å²) in [4.78, 5) is 28.1. The van der Waals surface area contributed by atoms with E-state index in [-0.39, 0.29) is 17.0 Å². The van der Waals surface area contributed by atoms with Gasteiger partial charge in [-0.2, -0.15) is 0 Å². The van der Waals surface area contributed by atoms with Crippen LogP contribution in [-0.2, 0) is 0 Å². The van der Waals surface area contributed by atoms with E-state index in [2.05, 4.69) is 10.3 Å². The predicted molar refractivity (Wildman–Crippen MR) is 117 cm³/mol. The van der Waals surface area contributed by atoms with E-state index in [4.69, 9.17) is 4.74 Å². The Balaban J connectivity index is 1.65. The number of thiazole rings is 1. The van der Waals surface area contributed by atoms with Crippen LogP contribution in [0.15, 0.2) is 60.7 Å². The average molecular weight is 419 g/mol. The van der Waals surface area contributed by atoms with E-state index in [1.165, 1.54) is 25.3 Å². The molecule has 0 aliphatic carbocycles. The molecule has 3 aromatic carbocycles. The molecule has 30 heavy (non-hydrogen) atoms. The Labute approximate surface area is 176 Å². The molecule has 150 valence electrons. The van der Waals surface area contributed by atoms with Gasteiger partial charge in [-0.25, -0.2) is 4.98 Å². The maximum Gasteiger partial charge on any atom is 0.311 e. The Morgan fingerprint density at radius 1 is 1.13 bits per heavy atom. The second-order valence-corrected chi connectivity index (χ2v) is 7.64. The Bertz CT molecular complexity index is 1250. The summed E-state index contributed by atoms with van der Waals surface area (Å²) in [6, 6.07) is 17.7. The number of amides is 1. The number of rotatable bonds is 5. The molecule has 1 heterocycles. The van der Waals surface area contributed by atoms with Crippen LogP contribution < -0.4 is 10.1 Å². The van der Waals surface area contributed by atoms with Gasteiger partial charge in [0.05, 0.1) is 22.2 Å². The number of benzene rings is 3. The summed E-state index contributed by atoms with van der Waals surface area (Å²) in [7, 11) is 1.35. The molecule has 1 amide bonds. The maximum atomic E-state index is 12.7. The van der Waals surface area contributed by atoms with Crippen LogP contribution in [0.5, 0.6) is 5.75 Å². The highest BCUT2D eigenvalue weighted by Gasteiger charge is 2.19. The monoisotopic (exact) mass is 419 g/mol. The predicted octanol–water partition coefficient (Wildman–Crippen LogP) is 5.44. The van der Waals surface area contributed by atoms with Crippen molar-refractivity contribution >= 4 is 38.8 Å². The summed E-state index contributed by atoms with van der Waals surface area (Å²) >= 11 is 1.58. The molecule has 0 radical (unpaired) electrons. The second kappa shape index (κ2) is 7.92. The van der Waals surface area contributed by atoms with Crippen molar-refractivity contribution in [3.05, 3.63) is 81.9 Å². The van der Waals surface area contributed by atoms with Gasteiger partial charge in [0.15, 0.2) is 5.75 Å². The molecular formula is C22H17N3O4S. The molecular weight excluding hydrogens is 402 g/mol. The zero-order chi connectivity index (χ0) is 21.3. The minimum atomic E-state index is -0.575. The third-order valence-corrected chi connectivity index (χ3v) is 5.75. The summed E-state index contributed by atoms with van der Waals surface area (Å²) in [5, 5.41) is 14.9. The van der Waals surface area contributed by atoms with E-state index < -0.39 is 10.8 Å². The number of methoxy groups -OCH3 is 1. The van der Waals surface area contributed by atoms with Gasteiger partial charge in [-0.15, -0.1) is 11.3 Å². The summed E-state index contributed by atoms with van der Waals surface area (Å²) < 4.78 is 6.08. The molecule has 0 saturated carbocycles. The van der Waals surface area contributed by atoms with Crippen LogP contribution >= 0.6 is 11.3 Å². The maximum absolute atomic E-state index is 12.7. The van der Waals surface area contributed by atoms with Crippen LogP contribution in [0.1, 0.15) is 15.9 Å². The Kier molecular flexibility index (Phi) is 5.16.